The van der Waals surface area contributed by atoms with E-state index in [9.17, 15) is 0 Å². The average molecular weight is 200 g/mol. The predicted molar refractivity (Wildman–Crippen MR) is 67.3 cm³/mol. The third kappa shape index (κ3) is 1.81. The van der Waals surface area contributed by atoms with Gasteiger partial charge in [0.2, 0.25) is 0 Å². The molecule has 0 bridgehead atoms. The van der Waals surface area contributed by atoms with Gasteiger partial charge < -0.3 is 4.42 Å². The highest BCUT2D eigenvalue weighted by atomic mass is 16.3. The second-order valence-electron chi connectivity index (χ2n) is 4.76. The fourth-order valence-electron chi connectivity index (χ4n) is 1.90. The Hall–Kier alpha value is -1.18. The third-order valence-corrected chi connectivity index (χ3v) is 2.89. The molecule has 0 fully saturated rings. The van der Waals surface area contributed by atoms with Gasteiger partial charge in [0.25, 0.3) is 0 Å². The number of hydrogen-bond acceptors (Lipinski definition) is 1. The van der Waals surface area contributed by atoms with Crippen molar-refractivity contribution in [1.29, 1.82) is 0 Å². The van der Waals surface area contributed by atoms with Crippen molar-refractivity contribution in [3.05, 3.63) is 35.6 Å². The molecule has 0 saturated heterocycles. The highest BCUT2D eigenvalue weighted by molar-refractivity contribution is 6.12. The van der Waals surface area contributed by atoms with Crippen LogP contribution < -0.4 is 0 Å². The van der Waals surface area contributed by atoms with Gasteiger partial charge in [0.15, 0.2) is 0 Å². The summed E-state index contributed by atoms with van der Waals surface area (Å²) in [4.78, 5) is 0. The van der Waals surface area contributed by atoms with Crippen LogP contribution in [0.3, 0.4) is 0 Å². The molecule has 1 heterocycles. The lowest BCUT2D eigenvalue weighted by atomic mass is 9.81. The molecule has 0 aliphatic heterocycles. The summed E-state index contributed by atoms with van der Waals surface area (Å²) in [6.07, 6.45) is 1.78. The lowest BCUT2D eigenvalue weighted by molar-refractivity contribution is 0.607. The highest BCUT2D eigenvalue weighted by Crippen LogP contribution is 2.29. The van der Waals surface area contributed by atoms with Gasteiger partial charge in [-0.15, -0.1) is 0 Å². The number of benzene rings is 1. The van der Waals surface area contributed by atoms with Crippen LogP contribution in [0, 0.1) is 0 Å². The van der Waals surface area contributed by atoms with Gasteiger partial charge in [0.1, 0.15) is 13.4 Å². The van der Waals surface area contributed by atoms with Crippen molar-refractivity contribution in [2.45, 2.75) is 32.5 Å². The van der Waals surface area contributed by atoms with Gasteiger partial charge in [-0.25, -0.2) is 0 Å². The summed E-state index contributed by atoms with van der Waals surface area (Å²) < 4.78 is 5.55. The summed E-state index contributed by atoms with van der Waals surface area (Å²) in [5.74, 6) is 1.08. The number of furan rings is 1. The van der Waals surface area contributed by atoms with Crippen LogP contribution in [0.25, 0.3) is 11.0 Å². The highest BCUT2D eigenvalue weighted by Gasteiger charge is 2.11. The van der Waals surface area contributed by atoms with Gasteiger partial charge in [-0.1, -0.05) is 32.4 Å². The molecule has 2 aromatic rings. The summed E-state index contributed by atoms with van der Waals surface area (Å²) in [6.45, 7) is 6.65. The van der Waals surface area contributed by atoms with Gasteiger partial charge in [0.05, 0.1) is 6.26 Å². The van der Waals surface area contributed by atoms with Gasteiger partial charge in [-0.3, -0.25) is 0 Å². The normalized spacial score (nSPS) is 13.6. The van der Waals surface area contributed by atoms with Crippen molar-refractivity contribution in [2.24, 2.45) is 0 Å². The van der Waals surface area contributed by atoms with E-state index in [1.54, 1.807) is 6.26 Å². The van der Waals surface area contributed by atoms with E-state index in [2.05, 4.69) is 40.8 Å². The van der Waals surface area contributed by atoms with Crippen LogP contribution in [0.15, 0.2) is 28.9 Å². The second kappa shape index (κ2) is 3.76. The average Bonchev–Trinajstić information content (AvgIpc) is 2.62. The molecule has 2 rings (SSSR count). The molecule has 0 radical (unpaired) electrons. The summed E-state index contributed by atoms with van der Waals surface area (Å²) >= 11 is 0. The first-order valence-corrected chi connectivity index (χ1v) is 5.60. The Morgan fingerprint density at radius 3 is 2.53 bits per heavy atom. The smallest absolute Gasteiger partial charge is 0.137 e. The molecule has 0 aliphatic rings. The van der Waals surface area contributed by atoms with Crippen molar-refractivity contribution in [3.63, 3.8) is 0 Å². The van der Waals surface area contributed by atoms with Crippen LogP contribution in [0.5, 0.6) is 0 Å². The van der Waals surface area contributed by atoms with Crippen molar-refractivity contribution in [3.8, 4) is 0 Å². The third-order valence-electron chi connectivity index (χ3n) is 2.89. The first-order chi connectivity index (χ1) is 7.09. The van der Waals surface area contributed by atoms with E-state index in [4.69, 9.17) is 4.42 Å². The molecule has 0 spiro atoms. The lowest BCUT2D eigenvalue weighted by Gasteiger charge is -2.11. The van der Waals surface area contributed by atoms with E-state index in [1.165, 1.54) is 16.5 Å². The monoisotopic (exact) mass is 200 g/mol. The number of rotatable bonds is 2. The van der Waals surface area contributed by atoms with Gasteiger partial charge in [0, 0.05) is 5.39 Å². The summed E-state index contributed by atoms with van der Waals surface area (Å²) in [5.41, 5.74) is 3.77. The van der Waals surface area contributed by atoms with E-state index < -0.39 is 0 Å². The maximum absolute atomic E-state index is 5.55. The zero-order valence-electron chi connectivity index (χ0n) is 9.87. The lowest BCUT2D eigenvalue weighted by Crippen LogP contribution is -1.96. The molecule has 1 aromatic heterocycles. The van der Waals surface area contributed by atoms with Crippen LogP contribution in [-0.4, -0.2) is 7.85 Å². The second-order valence-corrected chi connectivity index (χ2v) is 4.76. The predicted octanol–water partition coefficient (Wildman–Crippen LogP) is 3.25. The van der Waals surface area contributed by atoms with Crippen LogP contribution in [-0.2, 0) is 0 Å². The Kier molecular flexibility index (Phi) is 2.60. The molecule has 15 heavy (non-hydrogen) atoms. The van der Waals surface area contributed by atoms with E-state index in [0.29, 0.717) is 11.7 Å². The van der Waals surface area contributed by atoms with Crippen LogP contribution in [0.2, 0.25) is 0 Å². The van der Waals surface area contributed by atoms with E-state index in [0.717, 1.165) is 5.58 Å². The maximum atomic E-state index is 5.55. The fraction of sp³-hybridized carbons (Fsp3) is 0.385. The molecule has 78 valence electrons. The molecule has 2 heteroatoms. The SMILES string of the molecule is BC(C)c1cc(C(C)C)c2occc2c1. The Morgan fingerprint density at radius 2 is 1.93 bits per heavy atom. The van der Waals surface area contributed by atoms with E-state index in [-0.39, 0.29) is 0 Å². The zero-order chi connectivity index (χ0) is 11.0. The van der Waals surface area contributed by atoms with E-state index in [1.807, 2.05) is 6.07 Å². The molecule has 1 atom stereocenters. The van der Waals surface area contributed by atoms with Crippen molar-refractivity contribution < 1.29 is 4.42 Å². The summed E-state index contributed by atoms with van der Waals surface area (Å²) in [6, 6.07) is 6.56. The van der Waals surface area contributed by atoms with Gasteiger partial charge in [-0.2, -0.15) is 0 Å². The summed E-state index contributed by atoms with van der Waals surface area (Å²) in [7, 11) is 2.23. The Morgan fingerprint density at radius 1 is 1.20 bits per heavy atom. The first-order valence-electron chi connectivity index (χ1n) is 5.60. The number of hydrogen-bond donors (Lipinski definition) is 0. The molecule has 0 amide bonds. The first kappa shape index (κ1) is 10.3. The number of fused-ring (bicyclic) bond motifs is 1. The molecule has 0 aliphatic carbocycles. The largest absolute Gasteiger partial charge is 0.464 e. The van der Waals surface area contributed by atoms with E-state index >= 15 is 0 Å². The molecule has 1 nitrogen and oxygen atoms in total. The van der Waals surface area contributed by atoms with Crippen molar-refractivity contribution in [2.75, 3.05) is 0 Å². The van der Waals surface area contributed by atoms with Crippen molar-refractivity contribution >= 4 is 18.8 Å². The minimum Gasteiger partial charge on any atom is -0.464 e. The van der Waals surface area contributed by atoms with Gasteiger partial charge >= 0.3 is 0 Å². The quantitative estimate of drug-likeness (QED) is 0.678. The molecule has 1 aromatic carbocycles. The van der Waals surface area contributed by atoms with Crippen LogP contribution in [0.4, 0.5) is 0 Å². The molecule has 0 saturated carbocycles. The van der Waals surface area contributed by atoms with Crippen molar-refractivity contribution in [1.82, 2.24) is 0 Å². The molecular formula is C13H17BO. The standard InChI is InChI=1S/C13H17BO/c1-8(2)12-7-11(9(3)14)6-10-4-5-15-13(10)12/h4-9H,14H2,1-3H3. The van der Waals surface area contributed by atoms with Gasteiger partial charge in [-0.05, 0) is 29.4 Å². The Balaban J connectivity index is 2.69. The minimum absolute atomic E-state index is 0.511. The summed E-state index contributed by atoms with van der Waals surface area (Å²) in [5, 5.41) is 1.23. The van der Waals surface area contributed by atoms with Crippen LogP contribution >= 0.6 is 0 Å². The zero-order valence-corrected chi connectivity index (χ0v) is 9.87. The Bertz CT molecular complexity index is 468. The molecule has 1 unspecified atom stereocenters. The molecule has 0 N–H and O–H groups in total. The van der Waals surface area contributed by atoms with Crippen LogP contribution in [0.1, 0.15) is 43.6 Å². The topological polar surface area (TPSA) is 13.1 Å². The minimum atomic E-state index is 0.511. The Labute approximate surface area is 91.9 Å². The maximum Gasteiger partial charge on any atom is 0.137 e. The fourth-order valence-corrected chi connectivity index (χ4v) is 1.90. The molecular weight excluding hydrogens is 183 g/mol.